The van der Waals surface area contributed by atoms with Crippen LogP contribution < -0.4 is 27.0 Å². The quantitative estimate of drug-likeness (QED) is 0.0641. The van der Waals surface area contributed by atoms with Crippen LogP contribution in [0.1, 0.15) is 89.9 Å². The SMILES string of the molecule is NC(CCCCNC(=O)CCCCCCC(=O)NCCCC[C@H](NC(=O)N[C@@H](CCC(=O)O)C(=O)O)C(=O)O)C(=O)O. The second-order valence-corrected chi connectivity index (χ2v) is 9.88. The van der Waals surface area contributed by atoms with Crippen molar-refractivity contribution in [1.82, 2.24) is 21.3 Å². The maximum Gasteiger partial charge on any atom is 0.326 e. The fourth-order valence-electron chi connectivity index (χ4n) is 3.78. The lowest BCUT2D eigenvalue weighted by Gasteiger charge is -2.18. The lowest BCUT2D eigenvalue weighted by Crippen LogP contribution is -2.51. The standard InChI is InChI=1S/C26H45N5O11/c27-17(23(36)37)9-5-7-15-28-20(32)11-3-1-2-4-12-21(33)29-16-8-6-10-18(24(38)39)30-26(42)31-19(25(40)41)13-14-22(34)35/h17-19H,1-16,27H2,(H,28,32)(H,29,33)(H,34,35)(H,36,37)(H,38,39)(H,40,41)(H2,30,31,42)/t17?,18-,19-/m0/s1. The van der Waals surface area contributed by atoms with Gasteiger partial charge in [-0.15, -0.1) is 0 Å². The van der Waals surface area contributed by atoms with Gasteiger partial charge in [0.25, 0.3) is 0 Å². The van der Waals surface area contributed by atoms with Gasteiger partial charge >= 0.3 is 29.9 Å². The lowest BCUT2D eigenvalue weighted by atomic mass is 10.1. The van der Waals surface area contributed by atoms with E-state index in [1.54, 1.807) is 0 Å². The number of carbonyl (C=O) groups is 7. The molecule has 0 aliphatic heterocycles. The Morgan fingerprint density at radius 1 is 0.524 bits per heavy atom. The molecule has 10 N–H and O–H groups in total. The Balaban J connectivity index is 3.94. The zero-order valence-corrected chi connectivity index (χ0v) is 23.8. The Kier molecular flexibility index (Phi) is 20.6. The van der Waals surface area contributed by atoms with Crippen LogP contribution >= 0.6 is 0 Å². The van der Waals surface area contributed by atoms with Crippen molar-refractivity contribution in [3.05, 3.63) is 0 Å². The van der Waals surface area contributed by atoms with Gasteiger partial charge in [-0.05, 0) is 57.8 Å². The summed E-state index contributed by atoms with van der Waals surface area (Å²) in [5, 5.41) is 45.5. The van der Waals surface area contributed by atoms with Gasteiger partial charge in [0.05, 0.1) is 0 Å². The summed E-state index contributed by atoms with van der Waals surface area (Å²) in [5.41, 5.74) is 5.41. The van der Waals surface area contributed by atoms with E-state index in [1.807, 2.05) is 0 Å². The van der Waals surface area contributed by atoms with Crippen molar-refractivity contribution < 1.29 is 54.0 Å². The molecule has 16 heteroatoms. The van der Waals surface area contributed by atoms with Crippen LogP contribution in [0.4, 0.5) is 4.79 Å². The Bertz CT molecular complexity index is 900. The van der Waals surface area contributed by atoms with E-state index in [-0.39, 0.29) is 24.7 Å². The highest BCUT2D eigenvalue weighted by Crippen LogP contribution is 2.07. The molecule has 42 heavy (non-hydrogen) atoms. The fourth-order valence-corrected chi connectivity index (χ4v) is 3.78. The molecule has 0 aliphatic rings. The fraction of sp³-hybridized carbons (Fsp3) is 0.731. The largest absolute Gasteiger partial charge is 0.481 e. The third kappa shape index (κ3) is 20.9. The van der Waals surface area contributed by atoms with Crippen LogP contribution in [0.5, 0.6) is 0 Å². The first kappa shape index (κ1) is 38.0. The first-order valence-corrected chi connectivity index (χ1v) is 14.1. The number of hydrogen-bond acceptors (Lipinski definition) is 8. The molecule has 240 valence electrons. The zero-order chi connectivity index (χ0) is 31.9. The average Bonchev–Trinajstić information content (AvgIpc) is 2.91. The van der Waals surface area contributed by atoms with E-state index >= 15 is 0 Å². The molecule has 0 heterocycles. The highest BCUT2D eigenvalue weighted by atomic mass is 16.4. The van der Waals surface area contributed by atoms with E-state index in [1.165, 1.54) is 0 Å². The molecule has 0 rings (SSSR count). The summed E-state index contributed by atoms with van der Waals surface area (Å²) in [6, 6.07) is -4.69. The minimum Gasteiger partial charge on any atom is -0.481 e. The van der Waals surface area contributed by atoms with Crippen LogP contribution in [0, 0.1) is 0 Å². The van der Waals surface area contributed by atoms with Gasteiger partial charge in [0.2, 0.25) is 11.8 Å². The van der Waals surface area contributed by atoms with Crippen LogP contribution in [0.3, 0.4) is 0 Å². The van der Waals surface area contributed by atoms with Crippen molar-refractivity contribution in [2.75, 3.05) is 13.1 Å². The smallest absolute Gasteiger partial charge is 0.326 e. The summed E-state index contributed by atoms with van der Waals surface area (Å²) in [5.74, 6) is -5.25. The molecule has 0 bridgehead atoms. The third-order valence-corrected chi connectivity index (χ3v) is 6.23. The van der Waals surface area contributed by atoms with Gasteiger partial charge in [0, 0.05) is 32.4 Å². The number of amides is 4. The van der Waals surface area contributed by atoms with E-state index < -0.39 is 54.5 Å². The number of nitrogens with two attached hydrogens (primary N) is 1. The molecule has 0 aromatic rings. The van der Waals surface area contributed by atoms with Crippen molar-refractivity contribution in [2.24, 2.45) is 5.73 Å². The number of nitrogens with one attached hydrogen (secondary N) is 4. The number of carboxylic acid groups (broad SMARTS) is 4. The number of carboxylic acids is 4. The molecule has 0 saturated carbocycles. The van der Waals surface area contributed by atoms with Crippen molar-refractivity contribution >= 4 is 41.7 Å². The van der Waals surface area contributed by atoms with Gasteiger partial charge < -0.3 is 47.4 Å². The van der Waals surface area contributed by atoms with E-state index in [0.29, 0.717) is 70.9 Å². The molecule has 16 nitrogen and oxygen atoms in total. The molecule has 0 spiro atoms. The van der Waals surface area contributed by atoms with Gasteiger partial charge in [-0.2, -0.15) is 0 Å². The molecule has 0 aromatic carbocycles. The molecule has 4 amide bonds. The van der Waals surface area contributed by atoms with Gasteiger partial charge in [-0.25, -0.2) is 14.4 Å². The van der Waals surface area contributed by atoms with Crippen molar-refractivity contribution in [3.8, 4) is 0 Å². The second kappa shape index (κ2) is 22.7. The van der Waals surface area contributed by atoms with Crippen molar-refractivity contribution in [2.45, 2.75) is 108 Å². The van der Waals surface area contributed by atoms with Crippen LogP contribution in [0.25, 0.3) is 0 Å². The highest BCUT2D eigenvalue weighted by Gasteiger charge is 2.24. The molecule has 3 atom stereocenters. The van der Waals surface area contributed by atoms with Crippen LogP contribution in [-0.2, 0) is 28.8 Å². The molecule has 0 radical (unpaired) electrons. The zero-order valence-electron chi connectivity index (χ0n) is 23.8. The Morgan fingerprint density at radius 3 is 1.40 bits per heavy atom. The molecule has 1 unspecified atom stereocenters. The van der Waals surface area contributed by atoms with E-state index in [9.17, 15) is 38.7 Å². The number of carbonyl (C=O) groups excluding carboxylic acids is 3. The van der Waals surface area contributed by atoms with Crippen molar-refractivity contribution in [3.63, 3.8) is 0 Å². The molecular weight excluding hydrogens is 558 g/mol. The van der Waals surface area contributed by atoms with Gasteiger partial charge in [-0.1, -0.05) is 12.8 Å². The predicted octanol–water partition coefficient (Wildman–Crippen LogP) is 0.382. The first-order chi connectivity index (χ1) is 19.8. The number of unbranched alkanes of at least 4 members (excludes halogenated alkanes) is 5. The van der Waals surface area contributed by atoms with E-state index in [0.717, 1.165) is 12.8 Å². The molecule has 0 aliphatic carbocycles. The third-order valence-electron chi connectivity index (χ3n) is 6.23. The first-order valence-electron chi connectivity index (χ1n) is 14.1. The lowest BCUT2D eigenvalue weighted by molar-refractivity contribution is -0.141. The monoisotopic (exact) mass is 603 g/mol. The number of urea groups is 1. The van der Waals surface area contributed by atoms with Gasteiger partial charge in [-0.3, -0.25) is 19.2 Å². The normalized spacial score (nSPS) is 12.8. The molecule has 0 aromatic heterocycles. The number of rotatable bonds is 25. The summed E-state index contributed by atoms with van der Waals surface area (Å²) < 4.78 is 0. The summed E-state index contributed by atoms with van der Waals surface area (Å²) in [6.45, 7) is 0.785. The molecular formula is C26H45N5O11. The summed E-state index contributed by atoms with van der Waals surface area (Å²) in [7, 11) is 0. The minimum atomic E-state index is -1.48. The van der Waals surface area contributed by atoms with Crippen LogP contribution in [0.2, 0.25) is 0 Å². The van der Waals surface area contributed by atoms with Crippen molar-refractivity contribution in [1.29, 1.82) is 0 Å². The molecule has 0 fully saturated rings. The Morgan fingerprint density at radius 2 is 0.976 bits per heavy atom. The van der Waals surface area contributed by atoms with Crippen LogP contribution in [0.15, 0.2) is 0 Å². The van der Waals surface area contributed by atoms with Crippen LogP contribution in [-0.4, -0.2) is 93.4 Å². The second-order valence-electron chi connectivity index (χ2n) is 9.88. The van der Waals surface area contributed by atoms with E-state index in [2.05, 4.69) is 21.3 Å². The van der Waals surface area contributed by atoms with Gasteiger partial charge in [0.15, 0.2) is 0 Å². The number of aliphatic carboxylic acids is 4. The molecule has 0 saturated heterocycles. The highest BCUT2D eigenvalue weighted by molar-refractivity contribution is 5.86. The van der Waals surface area contributed by atoms with E-state index in [4.69, 9.17) is 21.1 Å². The Hall–Kier alpha value is -3.95. The summed E-state index contributed by atoms with van der Waals surface area (Å²) >= 11 is 0. The maximum atomic E-state index is 12.0. The number of hydrogen-bond donors (Lipinski definition) is 9. The minimum absolute atomic E-state index is 0.0396. The topological polar surface area (TPSA) is 275 Å². The Labute approximate surface area is 244 Å². The predicted molar refractivity (Wildman–Crippen MR) is 148 cm³/mol. The average molecular weight is 604 g/mol. The maximum absolute atomic E-state index is 12.0. The summed E-state index contributed by atoms with van der Waals surface area (Å²) in [6.07, 6.45) is 5.24. The van der Waals surface area contributed by atoms with Gasteiger partial charge in [0.1, 0.15) is 18.1 Å². The summed E-state index contributed by atoms with van der Waals surface area (Å²) in [4.78, 5) is 79.6.